The summed E-state index contributed by atoms with van der Waals surface area (Å²) in [4.78, 5) is 38.4. The number of fused-ring (bicyclic) bond motifs is 1. The number of rotatable bonds is 5. The quantitative estimate of drug-likeness (QED) is 0.755. The van der Waals surface area contributed by atoms with Crippen molar-refractivity contribution >= 4 is 22.5 Å². The van der Waals surface area contributed by atoms with E-state index < -0.39 is 5.69 Å². The predicted octanol–water partition coefficient (Wildman–Crippen LogP) is 3.08. The fraction of sp³-hybridized carbons (Fsp3) is 0.286. The maximum Gasteiger partial charge on any atom is 0.332 e. The molecule has 3 aromatic rings. The van der Waals surface area contributed by atoms with Crippen molar-refractivity contribution in [2.45, 2.75) is 39.8 Å². The molecule has 1 atom stereocenters. The summed E-state index contributed by atoms with van der Waals surface area (Å²) < 4.78 is 2.61. The lowest BCUT2D eigenvalue weighted by atomic mass is 10.2. The first-order valence-corrected chi connectivity index (χ1v) is 9.03. The summed E-state index contributed by atoms with van der Waals surface area (Å²) in [5.74, 6) is -0.314. The number of hydrogen-bond donors (Lipinski definition) is 1. The van der Waals surface area contributed by atoms with Crippen LogP contribution in [0.25, 0.3) is 10.9 Å². The molecule has 0 aliphatic carbocycles. The van der Waals surface area contributed by atoms with E-state index in [4.69, 9.17) is 0 Å². The van der Waals surface area contributed by atoms with E-state index in [2.05, 4.69) is 5.32 Å². The Labute approximate surface area is 157 Å². The normalized spacial score (nSPS) is 12.1. The summed E-state index contributed by atoms with van der Waals surface area (Å²) in [5, 5.41) is 3.27. The second-order valence-corrected chi connectivity index (χ2v) is 6.68. The highest BCUT2D eigenvalue weighted by Crippen LogP contribution is 2.14. The molecular weight excluding hydrogens is 342 g/mol. The molecule has 1 N–H and O–H groups in total. The van der Waals surface area contributed by atoms with Gasteiger partial charge in [0.05, 0.1) is 10.9 Å². The molecule has 27 heavy (non-hydrogen) atoms. The molecule has 1 amide bonds. The van der Waals surface area contributed by atoms with Crippen LogP contribution in [-0.4, -0.2) is 15.0 Å². The van der Waals surface area contributed by atoms with Gasteiger partial charge in [-0.15, -0.1) is 0 Å². The van der Waals surface area contributed by atoms with Crippen molar-refractivity contribution in [1.82, 2.24) is 9.13 Å². The van der Waals surface area contributed by atoms with Crippen LogP contribution in [0.4, 0.5) is 5.69 Å². The van der Waals surface area contributed by atoms with Gasteiger partial charge in [-0.3, -0.25) is 18.7 Å². The molecular formula is C21H23N3O3. The maximum atomic E-state index is 13.0. The number of amides is 1. The van der Waals surface area contributed by atoms with Gasteiger partial charge in [0.25, 0.3) is 5.56 Å². The Morgan fingerprint density at radius 1 is 1.07 bits per heavy atom. The Morgan fingerprint density at radius 2 is 1.74 bits per heavy atom. The van der Waals surface area contributed by atoms with E-state index in [0.717, 1.165) is 5.56 Å². The molecule has 0 fully saturated rings. The van der Waals surface area contributed by atoms with Crippen LogP contribution >= 0.6 is 0 Å². The first kappa shape index (κ1) is 18.6. The summed E-state index contributed by atoms with van der Waals surface area (Å²) in [7, 11) is 0. The van der Waals surface area contributed by atoms with Crippen LogP contribution in [0, 0.1) is 6.92 Å². The zero-order chi connectivity index (χ0) is 19.6. The number of benzene rings is 2. The smallest absolute Gasteiger partial charge is 0.324 e. The third-order valence-electron chi connectivity index (χ3n) is 4.83. The van der Waals surface area contributed by atoms with Crippen molar-refractivity contribution in [2.24, 2.45) is 0 Å². The zero-order valence-corrected chi connectivity index (χ0v) is 15.7. The van der Waals surface area contributed by atoms with Crippen molar-refractivity contribution in [2.75, 3.05) is 5.32 Å². The van der Waals surface area contributed by atoms with Crippen LogP contribution in [0.2, 0.25) is 0 Å². The third kappa shape index (κ3) is 3.56. The number of carbonyl (C=O) groups excluding carboxylic acids is 1. The van der Waals surface area contributed by atoms with Gasteiger partial charge in [-0.25, -0.2) is 4.79 Å². The Hall–Kier alpha value is -3.15. The molecule has 6 nitrogen and oxygen atoms in total. The number of aromatic nitrogens is 2. The lowest BCUT2D eigenvalue weighted by molar-refractivity contribution is -0.116. The second kappa shape index (κ2) is 7.61. The van der Waals surface area contributed by atoms with Gasteiger partial charge in [-0.1, -0.05) is 37.3 Å². The van der Waals surface area contributed by atoms with Crippen LogP contribution in [0.5, 0.6) is 0 Å². The van der Waals surface area contributed by atoms with E-state index in [1.165, 1.54) is 9.13 Å². The molecule has 2 aromatic carbocycles. The summed E-state index contributed by atoms with van der Waals surface area (Å²) >= 11 is 0. The molecule has 140 valence electrons. The highest BCUT2D eigenvalue weighted by Gasteiger charge is 2.18. The average Bonchev–Trinajstić information content (AvgIpc) is 2.67. The molecule has 6 heteroatoms. The van der Waals surface area contributed by atoms with Gasteiger partial charge in [0.2, 0.25) is 5.91 Å². The number of nitrogens with one attached hydrogen (secondary N) is 1. The molecule has 0 radical (unpaired) electrons. The Morgan fingerprint density at radius 3 is 2.44 bits per heavy atom. The molecule has 0 aliphatic heterocycles. The van der Waals surface area contributed by atoms with Gasteiger partial charge in [-0.2, -0.15) is 0 Å². The van der Waals surface area contributed by atoms with Crippen LogP contribution in [0.3, 0.4) is 0 Å². The second-order valence-electron chi connectivity index (χ2n) is 6.68. The lowest BCUT2D eigenvalue weighted by Crippen LogP contribution is -2.43. The molecule has 0 saturated heterocycles. The first-order chi connectivity index (χ1) is 12.9. The number of carbonyl (C=O) groups is 1. The van der Waals surface area contributed by atoms with E-state index >= 15 is 0 Å². The fourth-order valence-electron chi connectivity index (χ4n) is 3.11. The minimum absolute atomic E-state index is 0.162. The largest absolute Gasteiger partial charge is 0.332 e. The van der Waals surface area contributed by atoms with Gasteiger partial charge in [0.1, 0.15) is 6.54 Å². The van der Waals surface area contributed by atoms with Crippen LogP contribution < -0.4 is 16.6 Å². The van der Waals surface area contributed by atoms with Crippen molar-refractivity contribution in [3.63, 3.8) is 0 Å². The minimum Gasteiger partial charge on any atom is -0.324 e. The molecule has 3 rings (SSSR count). The van der Waals surface area contributed by atoms with E-state index in [9.17, 15) is 14.4 Å². The Bertz CT molecular complexity index is 1110. The number of anilines is 1. The van der Waals surface area contributed by atoms with E-state index in [0.29, 0.717) is 23.0 Å². The minimum atomic E-state index is -0.465. The van der Waals surface area contributed by atoms with E-state index in [-0.39, 0.29) is 24.1 Å². The topological polar surface area (TPSA) is 73.1 Å². The summed E-state index contributed by atoms with van der Waals surface area (Å²) in [5.41, 5.74) is 1.32. The summed E-state index contributed by atoms with van der Waals surface area (Å²) in [6.45, 7) is 5.49. The van der Waals surface area contributed by atoms with E-state index in [1.807, 2.05) is 45.0 Å². The van der Waals surface area contributed by atoms with Crippen LogP contribution in [-0.2, 0) is 11.3 Å². The molecule has 0 bridgehead atoms. The molecule has 0 unspecified atom stereocenters. The molecule has 0 aliphatic rings. The molecule has 0 spiro atoms. The number of para-hydroxylation sites is 2. The molecule has 0 saturated carbocycles. The maximum absolute atomic E-state index is 13.0. The highest BCUT2D eigenvalue weighted by molar-refractivity contribution is 5.92. The van der Waals surface area contributed by atoms with Gasteiger partial charge in [0.15, 0.2) is 0 Å². The van der Waals surface area contributed by atoms with Gasteiger partial charge in [-0.05, 0) is 44.0 Å². The van der Waals surface area contributed by atoms with Crippen molar-refractivity contribution in [1.29, 1.82) is 0 Å². The number of nitrogens with zero attached hydrogens (tertiary/aromatic N) is 2. The van der Waals surface area contributed by atoms with Crippen molar-refractivity contribution < 1.29 is 4.79 Å². The lowest BCUT2D eigenvalue weighted by Gasteiger charge is -2.17. The zero-order valence-electron chi connectivity index (χ0n) is 15.7. The number of aryl methyl sites for hydroxylation is 1. The molecule has 1 aromatic heterocycles. The van der Waals surface area contributed by atoms with E-state index in [1.54, 1.807) is 24.3 Å². The standard InChI is InChI=1S/C21H23N3O3/c1-4-15(3)24-20(26)16-10-6-8-12-18(16)23(21(24)27)13-19(25)22-17-11-7-5-9-14(17)2/h5-12,15H,4,13H2,1-3H3,(H,22,25)/t15-/m0/s1. The summed E-state index contributed by atoms with van der Waals surface area (Å²) in [6.07, 6.45) is 0.642. The monoisotopic (exact) mass is 365 g/mol. The summed E-state index contributed by atoms with van der Waals surface area (Å²) in [6, 6.07) is 14.1. The average molecular weight is 365 g/mol. The highest BCUT2D eigenvalue weighted by atomic mass is 16.2. The van der Waals surface area contributed by atoms with Crippen molar-refractivity contribution in [3.05, 3.63) is 74.9 Å². The van der Waals surface area contributed by atoms with Crippen LogP contribution in [0.15, 0.2) is 58.1 Å². The van der Waals surface area contributed by atoms with Gasteiger partial charge >= 0.3 is 5.69 Å². The third-order valence-corrected chi connectivity index (χ3v) is 4.83. The Kier molecular flexibility index (Phi) is 5.26. The Balaban J connectivity index is 2.08. The predicted molar refractivity (Wildman–Crippen MR) is 107 cm³/mol. The first-order valence-electron chi connectivity index (χ1n) is 9.03. The SMILES string of the molecule is CC[C@H](C)n1c(=O)c2ccccc2n(CC(=O)Nc2ccccc2C)c1=O. The van der Waals surface area contributed by atoms with Gasteiger partial charge < -0.3 is 5.32 Å². The van der Waals surface area contributed by atoms with Crippen LogP contribution in [0.1, 0.15) is 31.9 Å². The van der Waals surface area contributed by atoms with Gasteiger partial charge in [0, 0.05) is 11.7 Å². The van der Waals surface area contributed by atoms with Crippen molar-refractivity contribution in [3.8, 4) is 0 Å². The number of hydrogen-bond acceptors (Lipinski definition) is 3. The molecule has 1 heterocycles. The fourth-order valence-corrected chi connectivity index (χ4v) is 3.11.